The van der Waals surface area contributed by atoms with Crippen LogP contribution in [-0.2, 0) is 6.18 Å². The molecular weight excluding hydrogens is 227 g/mol. The fourth-order valence-corrected chi connectivity index (χ4v) is 1.63. The van der Waals surface area contributed by atoms with Crippen LogP contribution in [0.5, 0.6) is 0 Å². The Hall–Kier alpha value is -1.03. The lowest BCUT2D eigenvalue weighted by molar-refractivity contribution is -0.137. The lowest BCUT2D eigenvalue weighted by Gasteiger charge is -2.15. The summed E-state index contributed by atoms with van der Waals surface area (Å²) in [6, 6.07) is 5.55. The monoisotopic (exact) mass is 245 g/mol. The summed E-state index contributed by atoms with van der Waals surface area (Å²) in [5.74, 6) is 0.0869. The molecule has 0 saturated carbocycles. The van der Waals surface area contributed by atoms with Crippen molar-refractivity contribution in [3.8, 4) is 0 Å². The molecule has 0 fully saturated rings. The first-order valence-corrected chi connectivity index (χ1v) is 5.83. The summed E-state index contributed by atoms with van der Waals surface area (Å²) in [5.41, 5.74) is 0.153. The van der Waals surface area contributed by atoms with E-state index in [1.165, 1.54) is 12.1 Å². The Morgan fingerprint density at radius 2 is 2.00 bits per heavy atom. The lowest BCUT2D eigenvalue weighted by atomic mass is 9.99. The zero-order valence-corrected chi connectivity index (χ0v) is 10.1. The van der Waals surface area contributed by atoms with Gasteiger partial charge in [0.15, 0.2) is 0 Å². The molecule has 1 N–H and O–H groups in total. The summed E-state index contributed by atoms with van der Waals surface area (Å²) < 4.78 is 37.6. The van der Waals surface area contributed by atoms with E-state index in [4.69, 9.17) is 0 Å². The van der Waals surface area contributed by atoms with Crippen LogP contribution < -0.4 is 5.32 Å². The average Bonchev–Trinajstić information content (AvgIpc) is 2.28. The number of hydrogen-bond donors (Lipinski definition) is 1. The standard InChI is InChI=1S/C13H18F3N/c1-3-7-17-9-10(2)11-5-4-6-12(8-11)13(14,15)16/h4-6,8,10,17H,3,7,9H2,1-2H3. The van der Waals surface area contributed by atoms with Crippen LogP contribution in [-0.4, -0.2) is 13.1 Å². The number of benzene rings is 1. The van der Waals surface area contributed by atoms with E-state index in [9.17, 15) is 13.2 Å². The van der Waals surface area contributed by atoms with Crippen LogP contribution in [0.4, 0.5) is 13.2 Å². The van der Waals surface area contributed by atoms with E-state index in [0.29, 0.717) is 6.54 Å². The lowest BCUT2D eigenvalue weighted by Crippen LogP contribution is -2.21. The molecule has 1 nitrogen and oxygen atoms in total. The molecule has 0 radical (unpaired) electrons. The second-order valence-electron chi connectivity index (χ2n) is 4.23. The van der Waals surface area contributed by atoms with E-state index in [0.717, 1.165) is 24.6 Å². The van der Waals surface area contributed by atoms with E-state index in [1.807, 2.05) is 6.92 Å². The van der Waals surface area contributed by atoms with Gasteiger partial charge in [0.1, 0.15) is 0 Å². The fraction of sp³-hybridized carbons (Fsp3) is 0.538. The van der Waals surface area contributed by atoms with Gasteiger partial charge in [-0.1, -0.05) is 32.0 Å². The van der Waals surface area contributed by atoms with Crippen molar-refractivity contribution in [3.05, 3.63) is 35.4 Å². The highest BCUT2D eigenvalue weighted by Crippen LogP contribution is 2.30. The smallest absolute Gasteiger partial charge is 0.316 e. The van der Waals surface area contributed by atoms with Crippen molar-refractivity contribution in [2.24, 2.45) is 0 Å². The third-order valence-electron chi connectivity index (χ3n) is 2.66. The quantitative estimate of drug-likeness (QED) is 0.778. The van der Waals surface area contributed by atoms with Crippen LogP contribution in [0.3, 0.4) is 0 Å². The maximum absolute atomic E-state index is 12.5. The van der Waals surface area contributed by atoms with Gasteiger partial charge < -0.3 is 5.32 Å². The minimum absolute atomic E-state index is 0.0869. The van der Waals surface area contributed by atoms with Crippen LogP contribution in [0, 0.1) is 0 Å². The molecule has 4 heteroatoms. The van der Waals surface area contributed by atoms with Gasteiger partial charge in [-0.25, -0.2) is 0 Å². The summed E-state index contributed by atoms with van der Waals surface area (Å²) >= 11 is 0. The van der Waals surface area contributed by atoms with Crippen LogP contribution in [0.1, 0.15) is 37.3 Å². The molecule has 1 atom stereocenters. The minimum atomic E-state index is -4.26. The largest absolute Gasteiger partial charge is 0.416 e. The summed E-state index contributed by atoms with van der Waals surface area (Å²) in [6.07, 6.45) is -3.23. The molecule has 96 valence electrons. The first-order chi connectivity index (χ1) is 7.95. The van der Waals surface area contributed by atoms with Gasteiger partial charge >= 0.3 is 6.18 Å². The molecule has 1 aromatic rings. The zero-order chi connectivity index (χ0) is 12.9. The van der Waals surface area contributed by atoms with E-state index >= 15 is 0 Å². The minimum Gasteiger partial charge on any atom is -0.316 e. The molecule has 0 aliphatic rings. The highest BCUT2D eigenvalue weighted by atomic mass is 19.4. The maximum Gasteiger partial charge on any atom is 0.416 e. The Morgan fingerprint density at radius 1 is 1.29 bits per heavy atom. The van der Waals surface area contributed by atoms with E-state index < -0.39 is 11.7 Å². The second-order valence-corrected chi connectivity index (χ2v) is 4.23. The summed E-state index contributed by atoms with van der Waals surface area (Å²) in [7, 11) is 0. The number of nitrogens with one attached hydrogen (secondary N) is 1. The molecule has 1 aromatic carbocycles. The normalized spacial score (nSPS) is 13.7. The molecule has 0 aliphatic heterocycles. The highest BCUT2D eigenvalue weighted by Gasteiger charge is 2.30. The molecule has 17 heavy (non-hydrogen) atoms. The molecule has 0 spiro atoms. The van der Waals surface area contributed by atoms with E-state index in [-0.39, 0.29) is 5.92 Å². The SMILES string of the molecule is CCCNCC(C)c1cccc(C(F)(F)F)c1. The first-order valence-electron chi connectivity index (χ1n) is 5.83. The predicted octanol–water partition coefficient (Wildman–Crippen LogP) is 3.81. The predicted molar refractivity (Wildman–Crippen MR) is 63.0 cm³/mol. The van der Waals surface area contributed by atoms with Crippen molar-refractivity contribution in [1.29, 1.82) is 0 Å². The zero-order valence-electron chi connectivity index (χ0n) is 10.1. The van der Waals surface area contributed by atoms with Gasteiger partial charge in [-0.15, -0.1) is 0 Å². The molecule has 0 saturated heterocycles. The summed E-state index contributed by atoms with van der Waals surface area (Å²) in [4.78, 5) is 0. The maximum atomic E-state index is 12.5. The topological polar surface area (TPSA) is 12.0 Å². The number of halogens is 3. The van der Waals surface area contributed by atoms with E-state index in [1.54, 1.807) is 6.07 Å². The van der Waals surface area contributed by atoms with Crippen LogP contribution in [0.25, 0.3) is 0 Å². The molecule has 1 unspecified atom stereocenters. The summed E-state index contributed by atoms with van der Waals surface area (Å²) in [5, 5.41) is 3.21. The fourth-order valence-electron chi connectivity index (χ4n) is 1.63. The van der Waals surface area contributed by atoms with Gasteiger partial charge in [-0.05, 0) is 30.5 Å². The number of hydrogen-bond acceptors (Lipinski definition) is 1. The highest BCUT2D eigenvalue weighted by molar-refractivity contribution is 5.28. The third-order valence-corrected chi connectivity index (χ3v) is 2.66. The van der Waals surface area contributed by atoms with Gasteiger partial charge in [0.2, 0.25) is 0 Å². The molecule has 0 bridgehead atoms. The van der Waals surface area contributed by atoms with Gasteiger partial charge in [0.25, 0.3) is 0 Å². The van der Waals surface area contributed by atoms with Gasteiger partial charge in [0.05, 0.1) is 5.56 Å². The molecule has 0 aliphatic carbocycles. The van der Waals surface area contributed by atoms with Crippen molar-refractivity contribution >= 4 is 0 Å². The van der Waals surface area contributed by atoms with E-state index in [2.05, 4.69) is 12.2 Å². The van der Waals surface area contributed by atoms with Crippen molar-refractivity contribution in [1.82, 2.24) is 5.32 Å². The van der Waals surface area contributed by atoms with Crippen LogP contribution in [0.15, 0.2) is 24.3 Å². The number of alkyl halides is 3. The molecule has 0 aromatic heterocycles. The van der Waals surface area contributed by atoms with Gasteiger partial charge in [-0.3, -0.25) is 0 Å². The average molecular weight is 245 g/mol. The second kappa shape index (κ2) is 6.05. The van der Waals surface area contributed by atoms with Crippen molar-refractivity contribution in [3.63, 3.8) is 0 Å². The molecular formula is C13H18F3N. The Labute approximate surface area is 100 Å². The van der Waals surface area contributed by atoms with Crippen LogP contribution in [0.2, 0.25) is 0 Å². The van der Waals surface area contributed by atoms with Crippen LogP contribution >= 0.6 is 0 Å². The molecule has 0 amide bonds. The summed E-state index contributed by atoms with van der Waals surface area (Å²) in [6.45, 7) is 5.58. The first kappa shape index (κ1) is 14.0. The Morgan fingerprint density at radius 3 is 2.59 bits per heavy atom. The van der Waals surface area contributed by atoms with Gasteiger partial charge in [-0.2, -0.15) is 13.2 Å². The Bertz CT molecular complexity index is 347. The van der Waals surface area contributed by atoms with Crippen molar-refractivity contribution in [2.75, 3.05) is 13.1 Å². The number of rotatable bonds is 5. The molecule has 1 rings (SSSR count). The Kier molecular flexibility index (Phi) is 5.00. The van der Waals surface area contributed by atoms with Crippen molar-refractivity contribution < 1.29 is 13.2 Å². The third kappa shape index (κ3) is 4.38. The molecule has 0 heterocycles. The van der Waals surface area contributed by atoms with Gasteiger partial charge in [0, 0.05) is 6.54 Å². The Balaban J connectivity index is 2.71. The van der Waals surface area contributed by atoms with Crippen molar-refractivity contribution in [2.45, 2.75) is 32.4 Å².